The maximum atomic E-state index is 13.1. The Morgan fingerprint density at radius 2 is 1.80 bits per heavy atom. The monoisotopic (exact) mass is 414 g/mol. The molecule has 0 aromatic carbocycles. The number of piperidine rings is 1. The lowest BCUT2D eigenvalue weighted by molar-refractivity contribution is -0.125. The van der Waals surface area contributed by atoms with Gasteiger partial charge in [-0.3, -0.25) is 4.79 Å². The summed E-state index contributed by atoms with van der Waals surface area (Å²) in [5, 5.41) is 3.58. The van der Waals surface area contributed by atoms with Crippen molar-refractivity contribution in [2.45, 2.75) is 71.4 Å². The van der Waals surface area contributed by atoms with Gasteiger partial charge in [0.1, 0.15) is 5.69 Å². The first kappa shape index (κ1) is 21.3. The molecule has 1 unspecified atom stereocenters. The van der Waals surface area contributed by atoms with Gasteiger partial charge in [-0.15, -0.1) is 0 Å². The largest absolute Gasteiger partial charge is 0.351 e. The van der Waals surface area contributed by atoms with Crippen LogP contribution >= 0.6 is 0 Å². The van der Waals surface area contributed by atoms with Crippen molar-refractivity contribution in [2.75, 3.05) is 48.8 Å². The zero-order chi connectivity index (χ0) is 21.5. The first-order valence-electron chi connectivity index (χ1n) is 11.6. The molecule has 30 heavy (non-hydrogen) atoms. The molecule has 166 valence electrons. The number of hydrogen-bond acceptors (Lipinski definition) is 6. The van der Waals surface area contributed by atoms with E-state index in [1.807, 2.05) is 13.2 Å². The van der Waals surface area contributed by atoms with Gasteiger partial charge in [-0.05, 0) is 72.5 Å². The molecular formula is C23H38N6O. The molecule has 7 heteroatoms. The summed E-state index contributed by atoms with van der Waals surface area (Å²) in [5.74, 6) is 2.37. The van der Waals surface area contributed by atoms with E-state index in [0.29, 0.717) is 30.5 Å². The van der Waals surface area contributed by atoms with Crippen LogP contribution in [0.25, 0.3) is 0 Å². The molecule has 0 bridgehead atoms. The van der Waals surface area contributed by atoms with Crippen LogP contribution in [0.5, 0.6) is 0 Å². The predicted octanol–water partition coefficient (Wildman–Crippen LogP) is 3.37. The number of carbonyl (C=O) groups excluding carboxylic acids is 1. The highest BCUT2D eigenvalue weighted by molar-refractivity contribution is 6.00. The molecule has 1 saturated heterocycles. The lowest BCUT2D eigenvalue weighted by atomic mass is 9.90. The smallest absolute Gasteiger partial charge is 0.234 e. The van der Waals surface area contributed by atoms with E-state index in [1.165, 1.54) is 38.5 Å². The van der Waals surface area contributed by atoms with Crippen LogP contribution in [0, 0.1) is 11.3 Å². The molecule has 4 rings (SSSR count). The van der Waals surface area contributed by atoms with Crippen LogP contribution in [0.3, 0.4) is 0 Å². The van der Waals surface area contributed by atoms with Crippen molar-refractivity contribution < 1.29 is 4.79 Å². The third-order valence-electron chi connectivity index (χ3n) is 7.43. The van der Waals surface area contributed by atoms with Crippen molar-refractivity contribution in [3.63, 3.8) is 0 Å². The Labute approximate surface area is 181 Å². The molecule has 1 amide bonds. The van der Waals surface area contributed by atoms with Crippen molar-refractivity contribution in [1.82, 2.24) is 14.9 Å². The van der Waals surface area contributed by atoms with E-state index in [4.69, 9.17) is 4.98 Å². The molecule has 0 spiro atoms. The van der Waals surface area contributed by atoms with Crippen LogP contribution in [0.4, 0.5) is 17.5 Å². The van der Waals surface area contributed by atoms with Crippen LogP contribution < -0.4 is 15.1 Å². The topological polar surface area (TPSA) is 64.6 Å². The van der Waals surface area contributed by atoms with Crippen molar-refractivity contribution in [3.05, 3.63) is 6.20 Å². The van der Waals surface area contributed by atoms with Crippen molar-refractivity contribution in [1.29, 1.82) is 0 Å². The summed E-state index contributed by atoms with van der Waals surface area (Å²) in [4.78, 5) is 29.3. The van der Waals surface area contributed by atoms with Crippen molar-refractivity contribution >= 4 is 23.4 Å². The second kappa shape index (κ2) is 8.33. The predicted molar refractivity (Wildman–Crippen MR) is 122 cm³/mol. The number of nitrogens with zero attached hydrogens (tertiary/aromatic N) is 5. The summed E-state index contributed by atoms with van der Waals surface area (Å²) < 4.78 is 0. The fraction of sp³-hybridized carbons (Fsp3) is 0.783. The SMILES string of the molecule is CC(Nc1ncc2c(n1)N(C1CCCC1)CC(C)(C)C(=O)N2C)C1CCN(C)CC1. The molecule has 7 nitrogen and oxygen atoms in total. The number of hydrogen-bond donors (Lipinski definition) is 1. The quantitative estimate of drug-likeness (QED) is 0.815. The zero-order valence-corrected chi connectivity index (χ0v) is 19.3. The highest BCUT2D eigenvalue weighted by Gasteiger charge is 2.41. The molecule has 1 aliphatic carbocycles. The molecule has 2 fully saturated rings. The number of amides is 1. The first-order valence-corrected chi connectivity index (χ1v) is 11.6. The van der Waals surface area contributed by atoms with E-state index in [0.717, 1.165) is 24.6 Å². The fourth-order valence-electron chi connectivity index (χ4n) is 5.38. The highest BCUT2D eigenvalue weighted by atomic mass is 16.2. The number of fused-ring (bicyclic) bond motifs is 1. The Morgan fingerprint density at radius 1 is 1.13 bits per heavy atom. The van der Waals surface area contributed by atoms with Gasteiger partial charge in [-0.2, -0.15) is 4.98 Å². The van der Waals surface area contributed by atoms with Gasteiger partial charge in [0.15, 0.2) is 5.82 Å². The number of nitrogens with one attached hydrogen (secondary N) is 1. The molecule has 0 radical (unpaired) electrons. The lowest BCUT2D eigenvalue weighted by Crippen LogP contribution is -2.45. The summed E-state index contributed by atoms with van der Waals surface area (Å²) in [6, 6.07) is 0.787. The standard InChI is InChI=1S/C23H38N6O/c1-16(17-10-12-27(4)13-11-17)25-22-24-14-19-20(26-22)29(18-8-6-7-9-18)15-23(2,3)21(30)28(19)5/h14,16-18H,6-13,15H2,1-5H3,(H,24,25,26). The van der Waals surface area contributed by atoms with E-state index in [1.54, 1.807) is 4.90 Å². The van der Waals surface area contributed by atoms with Crippen LogP contribution in [-0.2, 0) is 4.79 Å². The average molecular weight is 415 g/mol. The minimum Gasteiger partial charge on any atom is -0.351 e. The average Bonchev–Trinajstić information content (AvgIpc) is 3.24. The van der Waals surface area contributed by atoms with Crippen molar-refractivity contribution in [2.24, 2.45) is 11.3 Å². The van der Waals surface area contributed by atoms with E-state index >= 15 is 0 Å². The van der Waals surface area contributed by atoms with E-state index in [9.17, 15) is 4.79 Å². The number of anilines is 3. The molecule has 1 atom stereocenters. The van der Waals surface area contributed by atoms with E-state index in [2.05, 4.69) is 47.9 Å². The van der Waals surface area contributed by atoms with Crippen LogP contribution in [0.1, 0.15) is 59.3 Å². The van der Waals surface area contributed by atoms with Gasteiger partial charge in [-0.25, -0.2) is 4.98 Å². The Balaban J connectivity index is 1.62. The van der Waals surface area contributed by atoms with Gasteiger partial charge in [-0.1, -0.05) is 12.8 Å². The minimum atomic E-state index is -0.451. The second-order valence-corrected chi connectivity index (χ2v) is 10.3. The highest BCUT2D eigenvalue weighted by Crippen LogP contribution is 2.40. The minimum absolute atomic E-state index is 0.133. The van der Waals surface area contributed by atoms with Gasteiger partial charge in [0.05, 0.1) is 11.6 Å². The molecule has 1 aromatic heterocycles. The number of likely N-dealkylation sites (tertiary alicyclic amines) is 1. The molecule has 1 aromatic rings. The third-order valence-corrected chi connectivity index (χ3v) is 7.43. The maximum absolute atomic E-state index is 13.1. The zero-order valence-electron chi connectivity index (χ0n) is 19.3. The molecule has 1 N–H and O–H groups in total. The Bertz CT molecular complexity index is 767. The Hall–Kier alpha value is -1.89. The van der Waals surface area contributed by atoms with Gasteiger partial charge in [0, 0.05) is 25.7 Å². The summed E-state index contributed by atoms with van der Waals surface area (Å²) in [6.45, 7) is 9.36. The molecule has 3 heterocycles. The van der Waals surface area contributed by atoms with E-state index in [-0.39, 0.29) is 5.91 Å². The number of carbonyl (C=O) groups is 1. The Morgan fingerprint density at radius 3 is 2.47 bits per heavy atom. The van der Waals surface area contributed by atoms with Crippen LogP contribution in [0.2, 0.25) is 0 Å². The molecule has 3 aliphatic rings. The van der Waals surface area contributed by atoms with Crippen LogP contribution in [0.15, 0.2) is 6.20 Å². The van der Waals surface area contributed by atoms with Gasteiger partial charge in [0.2, 0.25) is 11.9 Å². The summed E-state index contributed by atoms with van der Waals surface area (Å²) >= 11 is 0. The Kier molecular flexibility index (Phi) is 5.93. The van der Waals surface area contributed by atoms with Crippen LogP contribution in [-0.4, -0.2) is 66.6 Å². The second-order valence-electron chi connectivity index (χ2n) is 10.3. The molecule has 1 saturated carbocycles. The number of rotatable bonds is 4. The summed E-state index contributed by atoms with van der Waals surface area (Å²) in [5.41, 5.74) is 0.377. The van der Waals surface area contributed by atoms with E-state index < -0.39 is 5.41 Å². The lowest BCUT2D eigenvalue weighted by Gasteiger charge is -2.34. The molecular weight excluding hydrogens is 376 g/mol. The van der Waals surface area contributed by atoms with Crippen molar-refractivity contribution in [3.8, 4) is 0 Å². The fourth-order valence-corrected chi connectivity index (χ4v) is 5.38. The molecule has 2 aliphatic heterocycles. The van der Waals surface area contributed by atoms with Gasteiger partial charge in [0.25, 0.3) is 0 Å². The van der Waals surface area contributed by atoms with Gasteiger partial charge >= 0.3 is 0 Å². The normalized spacial score (nSPS) is 24.6. The van der Waals surface area contributed by atoms with Gasteiger partial charge < -0.3 is 20.0 Å². The maximum Gasteiger partial charge on any atom is 0.234 e. The number of aromatic nitrogens is 2. The summed E-state index contributed by atoms with van der Waals surface area (Å²) in [6.07, 6.45) is 9.10. The third kappa shape index (κ3) is 4.13. The first-order chi connectivity index (χ1) is 14.3. The summed E-state index contributed by atoms with van der Waals surface area (Å²) in [7, 11) is 4.06.